The number of nitrogen functional groups attached to an aromatic ring is 1. The minimum absolute atomic E-state index is 0.0720. The van der Waals surface area contributed by atoms with E-state index in [4.69, 9.17) is 5.73 Å². The van der Waals surface area contributed by atoms with Crippen LogP contribution in [0.3, 0.4) is 0 Å². The van der Waals surface area contributed by atoms with Crippen LogP contribution in [-0.2, 0) is 16.0 Å². The monoisotopic (exact) mass is 201 g/mol. The number of hydrogen-bond acceptors (Lipinski definition) is 3. The largest absolute Gasteiger partial charge is 0.469 e. The molecule has 14 heavy (non-hydrogen) atoms. The third-order valence-electron chi connectivity index (χ3n) is 1.69. The minimum atomic E-state index is -1.07. The Bertz CT molecular complexity index is 366. The van der Waals surface area contributed by atoms with E-state index in [0.717, 1.165) is 6.07 Å². The second kappa shape index (κ2) is 4.04. The molecular formula is C9H9F2NO2. The van der Waals surface area contributed by atoms with Crippen molar-refractivity contribution in [1.29, 1.82) is 0 Å². The third-order valence-corrected chi connectivity index (χ3v) is 1.69. The molecule has 0 aliphatic carbocycles. The molecule has 5 heteroatoms. The molecule has 0 fully saturated rings. The number of rotatable bonds is 2. The molecule has 3 nitrogen and oxygen atoms in total. The Labute approximate surface area is 79.5 Å². The van der Waals surface area contributed by atoms with Gasteiger partial charge in [0.05, 0.1) is 13.5 Å². The maximum Gasteiger partial charge on any atom is 0.310 e. The SMILES string of the molecule is COC(=O)Cc1cc(N)cc(F)c1F. The number of esters is 1. The number of nitrogens with two attached hydrogens (primary N) is 1. The van der Waals surface area contributed by atoms with Crippen LogP contribution in [0, 0.1) is 11.6 Å². The second-order valence-electron chi connectivity index (χ2n) is 2.73. The van der Waals surface area contributed by atoms with Gasteiger partial charge in [-0.3, -0.25) is 4.79 Å². The van der Waals surface area contributed by atoms with Gasteiger partial charge in [0.25, 0.3) is 0 Å². The number of carbonyl (C=O) groups is 1. The molecule has 0 unspecified atom stereocenters. The standard InChI is InChI=1S/C9H9F2NO2/c1-14-8(13)3-5-2-6(12)4-7(10)9(5)11/h2,4H,3,12H2,1H3. The van der Waals surface area contributed by atoms with E-state index in [-0.39, 0.29) is 17.7 Å². The van der Waals surface area contributed by atoms with Gasteiger partial charge in [-0.15, -0.1) is 0 Å². The van der Waals surface area contributed by atoms with E-state index in [1.54, 1.807) is 0 Å². The lowest BCUT2D eigenvalue weighted by Gasteiger charge is -2.04. The molecule has 0 amide bonds. The predicted molar refractivity (Wildman–Crippen MR) is 46.5 cm³/mol. The van der Waals surface area contributed by atoms with Gasteiger partial charge in [0.15, 0.2) is 11.6 Å². The normalized spacial score (nSPS) is 9.93. The van der Waals surface area contributed by atoms with Gasteiger partial charge in [0.2, 0.25) is 0 Å². The van der Waals surface area contributed by atoms with E-state index >= 15 is 0 Å². The average Bonchev–Trinajstić information content (AvgIpc) is 2.13. The third kappa shape index (κ3) is 2.18. The van der Waals surface area contributed by atoms with Gasteiger partial charge in [0.1, 0.15) is 0 Å². The molecule has 0 heterocycles. The molecule has 0 aliphatic heterocycles. The highest BCUT2D eigenvalue weighted by molar-refractivity contribution is 5.72. The Hall–Kier alpha value is -1.65. The highest BCUT2D eigenvalue weighted by atomic mass is 19.2. The van der Waals surface area contributed by atoms with Gasteiger partial charge in [0, 0.05) is 11.3 Å². The van der Waals surface area contributed by atoms with E-state index in [9.17, 15) is 13.6 Å². The number of methoxy groups -OCH3 is 1. The second-order valence-corrected chi connectivity index (χ2v) is 2.73. The molecule has 1 aromatic rings. The van der Waals surface area contributed by atoms with Crippen LogP contribution in [0.1, 0.15) is 5.56 Å². The summed E-state index contributed by atoms with van der Waals surface area (Å²) in [5.41, 5.74) is 5.26. The van der Waals surface area contributed by atoms with Crippen LogP contribution in [0.15, 0.2) is 12.1 Å². The molecule has 0 aliphatic rings. The summed E-state index contributed by atoms with van der Waals surface area (Å²) in [5.74, 6) is -2.78. The van der Waals surface area contributed by atoms with Crippen LogP contribution < -0.4 is 5.73 Å². The van der Waals surface area contributed by atoms with Crippen molar-refractivity contribution in [2.75, 3.05) is 12.8 Å². The Morgan fingerprint density at radius 1 is 1.50 bits per heavy atom. The zero-order chi connectivity index (χ0) is 10.7. The molecule has 0 bridgehead atoms. The molecule has 0 aromatic heterocycles. The van der Waals surface area contributed by atoms with E-state index in [1.807, 2.05) is 0 Å². The molecule has 0 radical (unpaired) electrons. The fourth-order valence-electron chi connectivity index (χ4n) is 1.03. The molecule has 76 valence electrons. The first-order valence-electron chi connectivity index (χ1n) is 3.84. The van der Waals surface area contributed by atoms with E-state index < -0.39 is 17.6 Å². The topological polar surface area (TPSA) is 52.3 Å². The zero-order valence-corrected chi connectivity index (χ0v) is 7.51. The molecule has 0 saturated carbocycles. The summed E-state index contributed by atoms with van der Waals surface area (Å²) < 4.78 is 30.1. The summed E-state index contributed by atoms with van der Waals surface area (Å²) in [4.78, 5) is 10.8. The first-order valence-corrected chi connectivity index (χ1v) is 3.84. The zero-order valence-electron chi connectivity index (χ0n) is 7.51. The van der Waals surface area contributed by atoms with Crippen molar-refractivity contribution in [2.45, 2.75) is 6.42 Å². The van der Waals surface area contributed by atoms with Crippen molar-refractivity contribution in [3.8, 4) is 0 Å². The highest BCUT2D eigenvalue weighted by Crippen LogP contribution is 2.17. The van der Waals surface area contributed by atoms with Crippen LogP contribution in [-0.4, -0.2) is 13.1 Å². The number of anilines is 1. The summed E-state index contributed by atoms with van der Waals surface area (Å²) in [5, 5.41) is 0. The first kappa shape index (κ1) is 10.4. The lowest BCUT2D eigenvalue weighted by atomic mass is 10.1. The maximum absolute atomic E-state index is 13.0. The Balaban J connectivity index is 3.02. The fraction of sp³-hybridized carbons (Fsp3) is 0.222. The van der Waals surface area contributed by atoms with E-state index in [0.29, 0.717) is 0 Å². The highest BCUT2D eigenvalue weighted by Gasteiger charge is 2.13. The molecular weight excluding hydrogens is 192 g/mol. The Morgan fingerprint density at radius 2 is 2.14 bits per heavy atom. The summed E-state index contributed by atoms with van der Waals surface area (Å²) in [6.07, 6.45) is -0.329. The van der Waals surface area contributed by atoms with Crippen LogP contribution in [0.2, 0.25) is 0 Å². The molecule has 0 atom stereocenters. The van der Waals surface area contributed by atoms with Gasteiger partial charge >= 0.3 is 5.97 Å². The van der Waals surface area contributed by atoms with Crippen molar-refractivity contribution >= 4 is 11.7 Å². The first-order chi connectivity index (χ1) is 6.54. The van der Waals surface area contributed by atoms with Crippen LogP contribution in [0.25, 0.3) is 0 Å². The summed E-state index contributed by atoms with van der Waals surface area (Å²) in [7, 11) is 1.17. The molecule has 2 N–H and O–H groups in total. The van der Waals surface area contributed by atoms with Gasteiger partial charge in [-0.05, 0) is 12.1 Å². The van der Waals surface area contributed by atoms with Gasteiger partial charge in [-0.2, -0.15) is 0 Å². The lowest BCUT2D eigenvalue weighted by Crippen LogP contribution is -2.08. The fourth-order valence-corrected chi connectivity index (χ4v) is 1.03. The van der Waals surface area contributed by atoms with Crippen molar-refractivity contribution in [1.82, 2.24) is 0 Å². The smallest absolute Gasteiger partial charge is 0.310 e. The van der Waals surface area contributed by atoms with Crippen molar-refractivity contribution in [3.05, 3.63) is 29.3 Å². The van der Waals surface area contributed by atoms with Crippen molar-refractivity contribution < 1.29 is 18.3 Å². The van der Waals surface area contributed by atoms with Crippen molar-refractivity contribution in [3.63, 3.8) is 0 Å². The number of benzene rings is 1. The van der Waals surface area contributed by atoms with Gasteiger partial charge in [-0.25, -0.2) is 8.78 Å². The van der Waals surface area contributed by atoms with Gasteiger partial charge in [-0.1, -0.05) is 0 Å². The number of halogens is 2. The maximum atomic E-state index is 13.0. The quantitative estimate of drug-likeness (QED) is 0.579. The molecule has 1 rings (SSSR count). The number of ether oxygens (including phenoxy) is 1. The minimum Gasteiger partial charge on any atom is -0.469 e. The number of carbonyl (C=O) groups excluding carboxylic acids is 1. The lowest BCUT2D eigenvalue weighted by molar-refractivity contribution is -0.139. The Morgan fingerprint density at radius 3 is 2.71 bits per heavy atom. The number of hydrogen-bond donors (Lipinski definition) is 1. The van der Waals surface area contributed by atoms with Crippen LogP contribution >= 0.6 is 0 Å². The van der Waals surface area contributed by atoms with Gasteiger partial charge < -0.3 is 10.5 Å². The van der Waals surface area contributed by atoms with Crippen molar-refractivity contribution in [2.24, 2.45) is 0 Å². The Kier molecular flexibility index (Phi) is 3.01. The van der Waals surface area contributed by atoms with Crippen LogP contribution in [0.4, 0.5) is 14.5 Å². The molecule has 1 aromatic carbocycles. The van der Waals surface area contributed by atoms with E-state index in [2.05, 4.69) is 4.74 Å². The summed E-state index contributed by atoms with van der Waals surface area (Å²) >= 11 is 0. The summed E-state index contributed by atoms with van der Waals surface area (Å²) in [6.45, 7) is 0. The average molecular weight is 201 g/mol. The molecule has 0 saturated heterocycles. The van der Waals surface area contributed by atoms with Crippen LogP contribution in [0.5, 0.6) is 0 Å². The summed E-state index contributed by atoms with van der Waals surface area (Å²) in [6, 6.07) is 2.06. The van der Waals surface area contributed by atoms with E-state index in [1.165, 1.54) is 13.2 Å². The molecule has 0 spiro atoms. The predicted octanol–water partition coefficient (Wildman–Crippen LogP) is 1.26.